The number of carbonyl (C=O) groups is 1. The van der Waals surface area contributed by atoms with E-state index in [0.717, 1.165) is 18.4 Å². The summed E-state index contributed by atoms with van der Waals surface area (Å²) in [6, 6.07) is 0. The highest BCUT2D eigenvalue weighted by Gasteiger charge is 2.39. The summed E-state index contributed by atoms with van der Waals surface area (Å²) in [5.74, 6) is -0.735. The molecule has 0 unspecified atom stereocenters. The molecule has 2 aliphatic rings. The maximum absolute atomic E-state index is 11.2. The normalized spacial score (nSPS) is 21.7. The van der Waals surface area contributed by atoms with Gasteiger partial charge < -0.3 is 5.11 Å². The van der Waals surface area contributed by atoms with Gasteiger partial charge in [-0.15, -0.1) is 11.3 Å². The molecule has 0 saturated heterocycles. The summed E-state index contributed by atoms with van der Waals surface area (Å²) in [5, 5.41) is 9.22. The van der Waals surface area contributed by atoms with Gasteiger partial charge in [0.1, 0.15) is 4.88 Å². The van der Waals surface area contributed by atoms with Crippen molar-refractivity contribution < 1.29 is 9.90 Å². The van der Waals surface area contributed by atoms with Crippen molar-refractivity contribution >= 4 is 17.3 Å². The van der Waals surface area contributed by atoms with Gasteiger partial charge in [0.2, 0.25) is 0 Å². The molecule has 1 aromatic heterocycles. The van der Waals surface area contributed by atoms with Gasteiger partial charge in [-0.05, 0) is 55.6 Å². The number of aryl methyl sites for hydroxylation is 1. The highest BCUT2D eigenvalue weighted by atomic mass is 32.1. The molecule has 2 aliphatic carbocycles. The zero-order chi connectivity index (χ0) is 12.0. The first-order valence-electron chi connectivity index (χ1n) is 6.46. The summed E-state index contributed by atoms with van der Waals surface area (Å²) in [4.78, 5) is 13.1. The average Bonchev–Trinajstić information content (AvgIpc) is 2.86. The van der Waals surface area contributed by atoms with Crippen LogP contribution in [0.15, 0.2) is 0 Å². The fourth-order valence-electron chi connectivity index (χ4n) is 3.70. The van der Waals surface area contributed by atoms with Gasteiger partial charge in [-0.3, -0.25) is 0 Å². The predicted octanol–water partition coefficient (Wildman–Crippen LogP) is 3.80. The van der Waals surface area contributed by atoms with E-state index in [4.69, 9.17) is 0 Å². The largest absolute Gasteiger partial charge is 0.477 e. The van der Waals surface area contributed by atoms with Crippen molar-refractivity contribution in [3.63, 3.8) is 0 Å². The number of carboxylic acids is 1. The van der Waals surface area contributed by atoms with Crippen molar-refractivity contribution in [2.45, 2.75) is 51.9 Å². The van der Waals surface area contributed by atoms with E-state index in [1.807, 2.05) is 0 Å². The van der Waals surface area contributed by atoms with E-state index in [9.17, 15) is 9.90 Å². The van der Waals surface area contributed by atoms with Crippen molar-refractivity contribution in [2.75, 3.05) is 0 Å². The van der Waals surface area contributed by atoms with Crippen LogP contribution in [0.5, 0.6) is 0 Å². The molecule has 1 spiro atoms. The Kier molecular flexibility index (Phi) is 2.54. The Morgan fingerprint density at radius 2 is 1.94 bits per heavy atom. The topological polar surface area (TPSA) is 37.3 Å². The molecule has 17 heavy (non-hydrogen) atoms. The van der Waals surface area contributed by atoms with Crippen LogP contribution in [0.4, 0.5) is 0 Å². The Morgan fingerprint density at radius 3 is 2.59 bits per heavy atom. The second-order valence-electron chi connectivity index (χ2n) is 5.63. The van der Waals surface area contributed by atoms with Crippen LogP contribution in [0.3, 0.4) is 0 Å². The first-order valence-corrected chi connectivity index (χ1v) is 7.27. The Bertz CT molecular complexity index is 467. The summed E-state index contributed by atoms with van der Waals surface area (Å²) in [6.45, 7) is 2.09. The van der Waals surface area contributed by atoms with Gasteiger partial charge in [-0.25, -0.2) is 4.79 Å². The fraction of sp³-hybridized carbons (Fsp3) is 0.643. The molecule has 0 amide bonds. The van der Waals surface area contributed by atoms with Crippen molar-refractivity contribution in [1.29, 1.82) is 0 Å². The van der Waals surface area contributed by atoms with Gasteiger partial charge in [0.15, 0.2) is 0 Å². The number of carboxylic acid groups (broad SMARTS) is 1. The van der Waals surface area contributed by atoms with Crippen molar-refractivity contribution in [3.8, 4) is 0 Å². The molecular formula is C14H18O2S. The Morgan fingerprint density at radius 1 is 1.24 bits per heavy atom. The number of rotatable bonds is 1. The van der Waals surface area contributed by atoms with Crippen LogP contribution >= 0.6 is 11.3 Å². The van der Waals surface area contributed by atoms with Crippen LogP contribution in [-0.4, -0.2) is 11.1 Å². The number of thiophene rings is 1. The third-order valence-corrected chi connectivity index (χ3v) is 5.81. The molecule has 0 aromatic carbocycles. The van der Waals surface area contributed by atoms with E-state index in [1.165, 1.54) is 53.9 Å². The molecule has 0 aliphatic heterocycles. The van der Waals surface area contributed by atoms with Crippen molar-refractivity contribution in [2.24, 2.45) is 5.41 Å². The van der Waals surface area contributed by atoms with Crippen LogP contribution in [-0.2, 0) is 12.8 Å². The zero-order valence-corrected chi connectivity index (χ0v) is 11.0. The van der Waals surface area contributed by atoms with Gasteiger partial charge in [0.05, 0.1) is 0 Å². The first-order chi connectivity index (χ1) is 8.11. The average molecular weight is 250 g/mol. The minimum Gasteiger partial charge on any atom is -0.477 e. The molecule has 92 valence electrons. The molecule has 1 N–H and O–H groups in total. The smallest absolute Gasteiger partial charge is 0.346 e. The van der Waals surface area contributed by atoms with Crippen molar-refractivity contribution in [1.82, 2.24) is 0 Å². The molecular weight excluding hydrogens is 232 g/mol. The summed E-state index contributed by atoms with van der Waals surface area (Å²) >= 11 is 1.48. The lowest BCUT2D eigenvalue weighted by Crippen LogP contribution is -2.26. The number of hydrogen-bond acceptors (Lipinski definition) is 2. The lowest BCUT2D eigenvalue weighted by atomic mass is 9.70. The van der Waals surface area contributed by atoms with Gasteiger partial charge in [-0.2, -0.15) is 0 Å². The number of aromatic carboxylic acids is 1. The van der Waals surface area contributed by atoms with E-state index in [0.29, 0.717) is 10.3 Å². The van der Waals surface area contributed by atoms with E-state index in [1.54, 1.807) is 0 Å². The SMILES string of the molecule is Cc1sc(C(=O)O)c2c1CC1(CCCC1)CC2. The first kappa shape index (κ1) is 11.3. The summed E-state index contributed by atoms with van der Waals surface area (Å²) in [5.41, 5.74) is 3.05. The lowest BCUT2D eigenvalue weighted by Gasteiger charge is -2.34. The molecule has 0 radical (unpaired) electrons. The summed E-state index contributed by atoms with van der Waals surface area (Å²) < 4.78 is 0. The highest BCUT2D eigenvalue weighted by molar-refractivity contribution is 7.14. The predicted molar refractivity (Wildman–Crippen MR) is 68.9 cm³/mol. The monoisotopic (exact) mass is 250 g/mol. The third kappa shape index (κ3) is 1.71. The maximum atomic E-state index is 11.2. The van der Waals surface area contributed by atoms with Crippen LogP contribution in [0, 0.1) is 12.3 Å². The van der Waals surface area contributed by atoms with E-state index >= 15 is 0 Å². The van der Waals surface area contributed by atoms with E-state index < -0.39 is 5.97 Å². The minimum atomic E-state index is -0.735. The van der Waals surface area contributed by atoms with Crippen LogP contribution in [0.2, 0.25) is 0 Å². The van der Waals surface area contributed by atoms with Crippen LogP contribution in [0.1, 0.15) is 57.8 Å². The van der Waals surface area contributed by atoms with Gasteiger partial charge in [0, 0.05) is 4.88 Å². The molecule has 0 atom stereocenters. The molecule has 1 saturated carbocycles. The van der Waals surface area contributed by atoms with Crippen molar-refractivity contribution in [3.05, 3.63) is 20.9 Å². The molecule has 0 bridgehead atoms. The van der Waals surface area contributed by atoms with E-state index in [-0.39, 0.29) is 0 Å². The zero-order valence-electron chi connectivity index (χ0n) is 10.2. The van der Waals surface area contributed by atoms with Gasteiger partial charge in [-0.1, -0.05) is 12.8 Å². The quantitative estimate of drug-likeness (QED) is 0.823. The molecule has 3 heteroatoms. The molecule has 1 fully saturated rings. The highest BCUT2D eigenvalue weighted by Crippen LogP contribution is 2.50. The van der Waals surface area contributed by atoms with Crippen LogP contribution < -0.4 is 0 Å². The van der Waals surface area contributed by atoms with Crippen LogP contribution in [0.25, 0.3) is 0 Å². The molecule has 3 rings (SSSR count). The Balaban J connectivity index is 2.00. The Hall–Kier alpha value is -0.830. The fourth-order valence-corrected chi connectivity index (χ4v) is 4.76. The molecule has 2 nitrogen and oxygen atoms in total. The minimum absolute atomic E-state index is 0.522. The molecule has 1 aromatic rings. The second-order valence-corrected chi connectivity index (χ2v) is 6.86. The van der Waals surface area contributed by atoms with Gasteiger partial charge in [0.25, 0.3) is 0 Å². The Labute approximate surface area is 106 Å². The number of fused-ring (bicyclic) bond motifs is 1. The molecule has 1 heterocycles. The number of hydrogen-bond donors (Lipinski definition) is 1. The van der Waals surface area contributed by atoms with Gasteiger partial charge >= 0.3 is 5.97 Å². The van der Waals surface area contributed by atoms with E-state index in [2.05, 4.69) is 6.92 Å². The summed E-state index contributed by atoms with van der Waals surface area (Å²) in [6.07, 6.45) is 8.76. The lowest BCUT2D eigenvalue weighted by molar-refractivity contribution is 0.0700. The standard InChI is InChI=1S/C14H18O2S/c1-9-11-8-14(5-2-3-6-14)7-4-10(11)12(17-9)13(15)16/h2-8H2,1H3,(H,15,16). The summed E-state index contributed by atoms with van der Waals surface area (Å²) in [7, 11) is 0. The maximum Gasteiger partial charge on any atom is 0.346 e. The third-order valence-electron chi connectivity index (χ3n) is 4.63. The second kappa shape index (κ2) is 3.84.